The summed E-state index contributed by atoms with van der Waals surface area (Å²) in [6, 6.07) is 12.4. The molecule has 19 heavy (non-hydrogen) atoms. The molecule has 0 fully saturated rings. The first-order valence-corrected chi connectivity index (χ1v) is 6.78. The van der Waals surface area contributed by atoms with Gasteiger partial charge in [0, 0.05) is 16.6 Å². The van der Waals surface area contributed by atoms with E-state index in [4.69, 9.17) is 5.73 Å². The molecule has 0 saturated carbocycles. The van der Waals surface area contributed by atoms with Gasteiger partial charge in [-0.3, -0.25) is 10.1 Å². The maximum Gasteiger partial charge on any atom is 0.292 e. The molecule has 6 heteroatoms. The van der Waals surface area contributed by atoms with Gasteiger partial charge in [-0.05, 0) is 30.5 Å². The molecule has 0 spiro atoms. The van der Waals surface area contributed by atoms with Crippen LogP contribution in [0.3, 0.4) is 0 Å². The quantitative estimate of drug-likeness (QED) is 0.385. The molecular formula is C13H13N3O2S. The van der Waals surface area contributed by atoms with Crippen molar-refractivity contribution in [1.82, 2.24) is 0 Å². The van der Waals surface area contributed by atoms with Crippen LogP contribution >= 0.6 is 11.8 Å². The zero-order chi connectivity index (χ0) is 13.8. The Labute approximate surface area is 115 Å². The van der Waals surface area contributed by atoms with Gasteiger partial charge in [0.25, 0.3) is 5.69 Å². The first kappa shape index (κ1) is 13.2. The van der Waals surface area contributed by atoms with Crippen molar-refractivity contribution in [3.8, 4) is 0 Å². The fraction of sp³-hybridized carbons (Fsp3) is 0.0769. The lowest BCUT2D eigenvalue weighted by Crippen LogP contribution is -1.98. The number of nitrogens with zero attached hydrogens (tertiary/aromatic N) is 1. The van der Waals surface area contributed by atoms with Gasteiger partial charge in [0.2, 0.25) is 0 Å². The number of hydrogen-bond donors (Lipinski definition) is 2. The molecule has 0 bridgehead atoms. The Hall–Kier alpha value is -2.21. The first-order valence-electron chi connectivity index (χ1n) is 5.56. The van der Waals surface area contributed by atoms with Crippen LogP contribution in [0, 0.1) is 10.1 Å². The fourth-order valence-electron chi connectivity index (χ4n) is 1.70. The largest absolute Gasteiger partial charge is 0.393 e. The van der Waals surface area contributed by atoms with E-state index in [1.54, 1.807) is 23.9 Å². The molecule has 0 aliphatic carbocycles. The molecule has 2 rings (SSSR count). The van der Waals surface area contributed by atoms with Crippen LogP contribution in [0.1, 0.15) is 0 Å². The minimum atomic E-state index is -0.491. The summed E-state index contributed by atoms with van der Waals surface area (Å²) in [6.45, 7) is 0. The van der Waals surface area contributed by atoms with Crippen LogP contribution in [-0.2, 0) is 0 Å². The van der Waals surface area contributed by atoms with Crippen molar-refractivity contribution in [1.29, 1.82) is 0 Å². The van der Waals surface area contributed by atoms with Crippen LogP contribution in [0.15, 0.2) is 47.4 Å². The monoisotopic (exact) mass is 275 g/mol. The lowest BCUT2D eigenvalue weighted by molar-refractivity contribution is -0.383. The van der Waals surface area contributed by atoms with Crippen molar-refractivity contribution in [3.05, 3.63) is 52.6 Å². The summed E-state index contributed by atoms with van der Waals surface area (Å²) in [7, 11) is 0. The third kappa shape index (κ3) is 2.97. The van der Waals surface area contributed by atoms with E-state index in [0.29, 0.717) is 0 Å². The molecule has 0 heterocycles. The van der Waals surface area contributed by atoms with Crippen LogP contribution in [0.5, 0.6) is 0 Å². The zero-order valence-electron chi connectivity index (χ0n) is 10.3. The van der Waals surface area contributed by atoms with Crippen LogP contribution in [0.4, 0.5) is 22.7 Å². The molecule has 0 aliphatic heterocycles. The van der Waals surface area contributed by atoms with E-state index in [1.807, 2.05) is 30.5 Å². The second-order valence-electron chi connectivity index (χ2n) is 3.86. The summed E-state index contributed by atoms with van der Waals surface area (Å²) in [5.41, 5.74) is 7.40. The van der Waals surface area contributed by atoms with Crippen LogP contribution in [-0.4, -0.2) is 11.2 Å². The Balaban J connectivity index is 2.29. The molecule has 3 N–H and O–H groups in total. The molecule has 0 saturated heterocycles. The fourth-order valence-corrected chi connectivity index (χ4v) is 2.26. The number of nitro groups is 1. The van der Waals surface area contributed by atoms with Crippen LogP contribution in [0.2, 0.25) is 0 Å². The SMILES string of the molecule is CSc1ccccc1Nc1ccc([N+](=O)[O-])c(N)c1. The highest BCUT2D eigenvalue weighted by molar-refractivity contribution is 7.98. The van der Waals surface area contributed by atoms with Gasteiger partial charge in [-0.2, -0.15) is 0 Å². The summed E-state index contributed by atoms with van der Waals surface area (Å²) in [5.74, 6) is 0. The van der Waals surface area contributed by atoms with Crippen molar-refractivity contribution >= 4 is 34.5 Å². The predicted molar refractivity (Wildman–Crippen MR) is 79.0 cm³/mol. The van der Waals surface area contributed by atoms with Crippen molar-refractivity contribution in [2.45, 2.75) is 4.90 Å². The Kier molecular flexibility index (Phi) is 3.91. The molecule has 0 unspecified atom stereocenters. The topological polar surface area (TPSA) is 81.2 Å². The standard InChI is InChI=1S/C13H13N3O2S/c1-19-13-5-3-2-4-11(13)15-9-6-7-12(16(17)18)10(14)8-9/h2-8,15H,14H2,1H3. The second kappa shape index (κ2) is 5.62. The van der Waals surface area contributed by atoms with Crippen LogP contribution in [0.25, 0.3) is 0 Å². The van der Waals surface area contributed by atoms with Gasteiger partial charge in [-0.15, -0.1) is 11.8 Å². The highest BCUT2D eigenvalue weighted by atomic mass is 32.2. The molecule has 0 atom stereocenters. The number of nitro benzene ring substituents is 1. The molecule has 0 amide bonds. The maximum absolute atomic E-state index is 10.7. The summed E-state index contributed by atoms with van der Waals surface area (Å²) in [5, 5.41) is 13.9. The Morgan fingerprint density at radius 1 is 1.26 bits per heavy atom. The highest BCUT2D eigenvalue weighted by Gasteiger charge is 2.11. The summed E-state index contributed by atoms with van der Waals surface area (Å²) >= 11 is 1.62. The molecule has 2 aromatic rings. The Bertz CT molecular complexity index is 617. The molecule has 98 valence electrons. The molecule has 0 aliphatic rings. The number of nitrogens with one attached hydrogen (secondary N) is 1. The average molecular weight is 275 g/mol. The van der Waals surface area contributed by atoms with Gasteiger partial charge in [-0.25, -0.2) is 0 Å². The number of anilines is 3. The lowest BCUT2D eigenvalue weighted by Gasteiger charge is -2.10. The molecule has 0 radical (unpaired) electrons. The van der Waals surface area contributed by atoms with E-state index in [-0.39, 0.29) is 11.4 Å². The number of para-hydroxylation sites is 1. The molecule has 2 aromatic carbocycles. The number of nitrogen functional groups attached to an aromatic ring is 1. The number of thioether (sulfide) groups is 1. The van der Waals surface area contributed by atoms with Gasteiger partial charge in [0.05, 0.1) is 10.6 Å². The number of benzene rings is 2. The van der Waals surface area contributed by atoms with Crippen molar-refractivity contribution in [2.24, 2.45) is 0 Å². The third-order valence-electron chi connectivity index (χ3n) is 2.61. The van der Waals surface area contributed by atoms with E-state index >= 15 is 0 Å². The minimum Gasteiger partial charge on any atom is -0.393 e. The molecule has 5 nitrogen and oxygen atoms in total. The summed E-state index contributed by atoms with van der Waals surface area (Å²) in [6.07, 6.45) is 1.99. The van der Waals surface area contributed by atoms with E-state index < -0.39 is 4.92 Å². The smallest absolute Gasteiger partial charge is 0.292 e. The van der Waals surface area contributed by atoms with E-state index in [0.717, 1.165) is 16.3 Å². The van der Waals surface area contributed by atoms with Crippen molar-refractivity contribution in [2.75, 3.05) is 17.3 Å². The zero-order valence-corrected chi connectivity index (χ0v) is 11.1. The molecule has 0 aromatic heterocycles. The predicted octanol–water partition coefficient (Wildman–Crippen LogP) is 3.64. The third-order valence-corrected chi connectivity index (χ3v) is 3.41. The van der Waals surface area contributed by atoms with Crippen molar-refractivity contribution in [3.63, 3.8) is 0 Å². The van der Waals surface area contributed by atoms with Gasteiger partial charge < -0.3 is 11.1 Å². The Morgan fingerprint density at radius 2 is 2.00 bits per heavy atom. The number of rotatable bonds is 4. The van der Waals surface area contributed by atoms with Gasteiger partial charge in [0.15, 0.2) is 0 Å². The average Bonchev–Trinajstić information content (AvgIpc) is 2.39. The van der Waals surface area contributed by atoms with Gasteiger partial charge in [-0.1, -0.05) is 12.1 Å². The van der Waals surface area contributed by atoms with Crippen molar-refractivity contribution < 1.29 is 4.92 Å². The van der Waals surface area contributed by atoms with E-state index in [9.17, 15) is 10.1 Å². The van der Waals surface area contributed by atoms with Gasteiger partial charge >= 0.3 is 0 Å². The second-order valence-corrected chi connectivity index (χ2v) is 4.70. The normalized spacial score (nSPS) is 10.2. The summed E-state index contributed by atoms with van der Waals surface area (Å²) < 4.78 is 0. The molecular weight excluding hydrogens is 262 g/mol. The van der Waals surface area contributed by atoms with Crippen LogP contribution < -0.4 is 11.1 Å². The lowest BCUT2D eigenvalue weighted by atomic mass is 10.2. The van der Waals surface area contributed by atoms with E-state index in [1.165, 1.54) is 6.07 Å². The number of nitrogens with two attached hydrogens (primary N) is 1. The Morgan fingerprint density at radius 3 is 2.63 bits per heavy atom. The summed E-state index contributed by atoms with van der Waals surface area (Å²) in [4.78, 5) is 11.3. The first-order chi connectivity index (χ1) is 9.11. The highest BCUT2D eigenvalue weighted by Crippen LogP contribution is 2.30. The number of hydrogen-bond acceptors (Lipinski definition) is 5. The minimum absolute atomic E-state index is 0.0799. The van der Waals surface area contributed by atoms with E-state index in [2.05, 4.69) is 5.32 Å². The van der Waals surface area contributed by atoms with Gasteiger partial charge in [0.1, 0.15) is 5.69 Å². The maximum atomic E-state index is 10.7.